The molecule has 0 amide bonds. The highest BCUT2D eigenvalue weighted by Gasteiger charge is 2.24. The fourth-order valence-corrected chi connectivity index (χ4v) is 8.67. The minimum Gasteiger partial charge on any atom is -0.456 e. The summed E-state index contributed by atoms with van der Waals surface area (Å²) < 4.78 is 8.66. The fourth-order valence-electron chi connectivity index (χ4n) is 8.67. The molecule has 57 heavy (non-hydrogen) atoms. The van der Waals surface area contributed by atoms with Crippen LogP contribution in [0.5, 0.6) is 0 Å². The Bertz CT molecular complexity index is 3250. The minimum atomic E-state index is 0.887. The van der Waals surface area contributed by atoms with E-state index >= 15 is 0 Å². The second-order valence-corrected chi connectivity index (χ2v) is 14.5. The zero-order chi connectivity index (χ0) is 37.7. The Morgan fingerprint density at radius 1 is 0.351 bits per heavy atom. The van der Waals surface area contributed by atoms with Gasteiger partial charge in [-0.2, -0.15) is 0 Å². The molecule has 3 heteroatoms. The van der Waals surface area contributed by atoms with Crippen LogP contribution >= 0.6 is 0 Å². The normalized spacial score (nSPS) is 11.5. The minimum absolute atomic E-state index is 0.887. The molecule has 0 N–H and O–H groups in total. The highest BCUT2D eigenvalue weighted by atomic mass is 16.3. The number of anilines is 3. The van der Waals surface area contributed by atoms with Crippen LogP contribution in [-0.4, -0.2) is 4.57 Å². The summed E-state index contributed by atoms with van der Waals surface area (Å²) in [6.45, 7) is 0. The first-order valence-corrected chi connectivity index (χ1v) is 19.4. The Morgan fingerprint density at radius 2 is 0.930 bits per heavy atom. The zero-order valence-corrected chi connectivity index (χ0v) is 31.1. The summed E-state index contributed by atoms with van der Waals surface area (Å²) in [4.78, 5) is 2.46. The van der Waals surface area contributed by atoms with Crippen LogP contribution in [0, 0.1) is 0 Å². The maximum absolute atomic E-state index is 6.27. The van der Waals surface area contributed by atoms with Gasteiger partial charge in [0.2, 0.25) is 0 Å². The van der Waals surface area contributed by atoms with Crippen molar-refractivity contribution >= 4 is 60.8 Å². The number of nitrogens with zero attached hydrogens (tertiary/aromatic N) is 2. The van der Waals surface area contributed by atoms with E-state index in [9.17, 15) is 0 Å². The van der Waals surface area contributed by atoms with Gasteiger partial charge in [0.05, 0.1) is 22.4 Å². The first kappa shape index (κ1) is 32.8. The molecule has 11 aromatic rings. The van der Waals surface area contributed by atoms with Gasteiger partial charge in [-0.25, -0.2) is 0 Å². The summed E-state index contributed by atoms with van der Waals surface area (Å²) in [6, 6.07) is 78.3. The van der Waals surface area contributed by atoms with Crippen LogP contribution in [0.15, 0.2) is 223 Å². The summed E-state index contributed by atoms with van der Waals surface area (Å²) >= 11 is 0. The predicted molar refractivity (Wildman–Crippen MR) is 239 cm³/mol. The van der Waals surface area contributed by atoms with E-state index in [4.69, 9.17) is 4.42 Å². The molecule has 0 saturated carbocycles. The van der Waals surface area contributed by atoms with Crippen molar-refractivity contribution in [1.82, 2.24) is 4.57 Å². The van der Waals surface area contributed by atoms with Crippen molar-refractivity contribution in [2.24, 2.45) is 0 Å². The smallest absolute Gasteiger partial charge is 0.135 e. The van der Waals surface area contributed by atoms with E-state index in [1.54, 1.807) is 0 Å². The van der Waals surface area contributed by atoms with Crippen molar-refractivity contribution in [3.8, 4) is 39.1 Å². The van der Waals surface area contributed by atoms with E-state index in [0.717, 1.165) is 66.9 Å². The number of furan rings is 1. The van der Waals surface area contributed by atoms with Crippen molar-refractivity contribution in [2.45, 2.75) is 0 Å². The zero-order valence-electron chi connectivity index (χ0n) is 31.1. The number of rotatable bonds is 7. The average Bonchev–Trinajstić information content (AvgIpc) is 3.83. The average molecular weight is 729 g/mol. The molecule has 0 unspecified atom stereocenters. The molecular weight excluding hydrogens is 693 g/mol. The van der Waals surface area contributed by atoms with E-state index in [0.29, 0.717) is 0 Å². The lowest BCUT2D eigenvalue weighted by atomic mass is 9.94. The SMILES string of the molecule is c1ccc(-c2ccccc2-c2cccc(N(c3ccccc3-c3ccc4oc5ccccc5c4c3)c3cccc4c3c3ccccc3n4-c3ccccc3)c2)cc1. The van der Waals surface area contributed by atoms with E-state index in [-0.39, 0.29) is 0 Å². The monoisotopic (exact) mass is 728 g/mol. The third-order valence-electron chi connectivity index (χ3n) is 11.2. The fraction of sp³-hybridized carbons (Fsp3) is 0. The predicted octanol–water partition coefficient (Wildman–Crippen LogP) is 15.2. The number of benzene rings is 9. The molecule has 268 valence electrons. The van der Waals surface area contributed by atoms with Crippen LogP contribution < -0.4 is 4.90 Å². The second kappa shape index (κ2) is 13.6. The first-order chi connectivity index (χ1) is 28.3. The van der Waals surface area contributed by atoms with Gasteiger partial charge in [-0.3, -0.25) is 0 Å². The Balaban J connectivity index is 1.19. The molecule has 0 bridgehead atoms. The summed E-state index contributed by atoms with van der Waals surface area (Å²) in [5.74, 6) is 0. The molecule has 2 heterocycles. The highest BCUT2D eigenvalue weighted by molar-refractivity contribution is 6.17. The summed E-state index contributed by atoms with van der Waals surface area (Å²) in [6.07, 6.45) is 0. The number of fused-ring (bicyclic) bond motifs is 6. The van der Waals surface area contributed by atoms with Crippen molar-refractivity contribution in [2.75, 3.05) is 4.90 Å². The summed E-state index contributed by atoms with van der Waals surface area (Å²) in [5.41, 5.74) is 15.5. The Labute approximate surface area is 330 Å². The Kier molecular flexibility index (Phi) is 7.82. The van der Waals surface area contributed by atoms with E-state index in [1.807, 2.05) is 12.1 Å². The highest BCUT2D eigenvalue weighted by Crippen LogP contribution is 2.48. The third kappa shape index (κ3) is 5.51. The van der Waals surface area contributed by atoms with Gasteiger partial charge in [-0.1, -0.05) is 152 Å². The van der Waals surface area contributed by atoms with Gasteiger partial charge in [-0.15, -0.1) is 0 Å². The van der Waals surface area contributed by atoms with Crippen molar-refractivity contribution in [1.29, 1.82) is 0 Å². The van der Waals surface area contributed by atoms with Gasteiger partial charge in [0, 0.05) is 38.5 Å². The number of hydrogen-bond acceptors (Lipinski definition) is 2. The number of hydrogen-bond donors (Lipinski definition) is 0. The van der Waals surface area contributed by atoms with Crippen LogP contribution in [0.4, 0.5) is 17.1 Å². The van der Waals surface area contributed by atoms with Crippen LogP contribution in [0.1, 0.15) is 0 Å². The topological polar surface area (TPSA) is 21.3 Å². The molecule has 3 nitrogen and oxygen atoms in total. The van der Waals surface area contributed by atoms with Gasteiger partial charge in [0.25, 0.3) is 0 Å². The van der Waals surface area contributed by atoms with E-state index in [2.05, 4.69) is 216 Å². The quantitative estimate of drug-likeness (QED) is 0.163. The lowest BCUT2D eigenvalue weighted by Crippen LogP contribution is -2.12. The molecule has 0 aliphatic heterocycles. The molecule has 0 aliphatic rings. The Hall–Kier alpha value is -7.62. The van der Waals surface area contributed by atoms with Crippen molar-refractivity contribution in [3.63, 3.8) is 0 Å². The van der Waals surface area contributed by atoms with Crippen LogP contribution in [-0.2, 0) is 0 Å². The van der Waals surface area contributed by atoms with Crippen molar-refractivity contribution in [3.05, 3.63) is 218 Å². The lowest BCUT2D eigenvalue weighted by Gasteiger charge is -2.29. The van der Waals surface area contributed by atoms with Crippen LogP contribution in [0.3, 0.4) is 0 Å². The maximum atomic E-state index is 6.27. The summed E-state index contributed by atoms with van der Waals surface area (Å²) in [5, 5.41) is 4.62. The number of para-hydroxylation sites is 4. The second-order valence-electron chi connectivity index (χ2n) is 14.5. The van der Waals surface area contributed by atoms with E-state index in [1.165, 1.54) is 33.0 Å². The summed E-state index contributed by atoms with van der Waals surface area (Å²) in [7, 11) is 0. The Morgan fingerprint density at radius 3 is 1.77 bits per heavy atom. The van der Waals surface area contributed by atoms with Gasteiger partial charge < -0.3 is 13.9 Å². The molecule has 0 saturated heterocycles. The molecule has 9 aromatic carbocycles. The first-order valence-electron chi connectivity index (χ1n) is 19.4. The van der Waals surface area contributed by atoms with Gasteiger partial charge in [0.1, 0.15) is 11.2 Å². The molecule has 2 aromatic heterocycles. The number of aromatic nitrogens is 1. The van der Waals surface area contributed by atoms with Crippen LogP contribution in [0.2, 0.25) is 0 Å². The molecule has 0 atom stereocenters. The van der Waals surface area contributed by atoms with Crippen LogP contribution in [0.25, 0.3) is 82.8 Å². The molecular formula is C54H36N2O. The molecule has 0 spiro atoms. The third-order valence-corrected chi connectivity index (χ3v) is 11.2. The molecule has 0 fully saturated rings. The van der Waals surface area contributed by atoms with Gasteiger partial charge in [0.15, 0.2) is 0 Å². The molecule has 0 radical (unpaired) electrons. The van der Waals surface area contributed by atoms with E-state index < -0.39 is 0 Å². The standard InChI is InChI=1S/C54H36N2O/c1-3-17-37(18-4-1)42-23-7-8-24-43(42)38-19-15-22-41(35-38)56(48-28-12-9-25-44(48)39-33-34-53-47(36-39)45-26-11-14-32-52(45)57-53)51-31-16-30-50-54(51)46-27-10-13-29-49(46)55(50)40-20-5-2-6-21-40/h1-36H. The van der Waals surface area contributed by atoms with Gasteiger partial charge >= 0.3 is 0 Å². The molecule has 11 rings (SSSR count). The maximum Gasteiger partial charge on any atom is 0.135 e. The molecule has 0 aliphatic carbocycles. The van der Waals surface area contributed by atoms with Crippen molar-refractivity contribution < 1.29 is 4.42 Å². The van der Waals surface area contributed by atoms with Gasteiger partial charge in [-0.05, 0) is 94.5 Å². The lowest BCUT2D eigenvalue weighted by molar-refractivity contribution is 0.669. The largest absolute Gasteiger partial charge is 0.456 e.